The molecule has 4 heterocycles. The van der Waals surface area contributed by atoms with Crippen molar-refractivity contribution in [2.75, 3.05) is 13.2 Å². The maximum absolute atomic E-state index is 6.42. The van der Waals surface area contributed by atoms with Gasteiger partial charge in [0.2, 0.25) is 0 Å². The number of rotatable bonds is 5. The molecule has 0 radical (unpaired) electrons. The van der Waals surface area contributed by atoms with Crippen molar-refractivity contribution in [3.05, 3.63) is 76.2 Å². The second-order valence-electron chi connectivity index (χ2n) is 7.72. The summed E-state index contributed by atoms with van der Waals surface area (Å²) in [7, 11) is 0. The Kier molecular flexibility index (Phi) is 5.89. The smallest absolute Gasteiger partial charge is 0.170 e. The minimum absolute atomic E-state index is 0.135. The van der Waals surface area contributed by atoms with Crippen molar-refractivity contribution in [2.45, 2.75) is 31.0 Å². The molecule has 31 heavy (non-hydrogen) atoms. The molecule has 2 aliphatic heterocycles. The van der Waals surface area contributed by atoms with Crippen LogP contribution in [0, 0.1) is 0 Å². The van der Waals surface area contributed by atoms with Crippen molar-refractivity contribution < 1.29 is 9.15 Å². The molecule has 2 aromatic heterocycles. The number of thiocarbonyl (C=S) groups is 1. The van der Waals surface area contributed by atoms with E-state index >= 15 is 0 Å². The number of aromatic nitrogens is 1. The van der Waals surface area contributed by atoms with Gasteiger partial charge in [0.05, 0.1) is 27.9 Å². The van der Waals surface area contributed by atoms with Gasteiger partial charge in [-0.1, -0.05) is 35.3 Å². The minimum Gasteiger partial charge on any atom is -0.459 e. The van der Waals surface area contributed by atoms with E-state index in [-0.39, 0.29) is 18.2 Å². The Labute approximate surface area is 196 Å². The number of hydrogen-bond acceptors (Lipinski definition) is 4. The molecule has 3 aromatic rings. The normalized spacial score (nSPS) is 23.4. The van der Waals surface area contributed by atoms with Gasteiger partial charge in [0.15, 0.2) is 5.11 Å². The summed E-state index contributed by atoms with van der Waals surface area (Å²) in [5.41, 5.74) is 1.66. The second kappa shape index (κ2) is 8.79. The lowest BCUT2D eigenvalue weighted by molar-refractivity contribution is 0.0818. The van der Waals surface area contributed by atoms with E-state index in [1.807, 2.05) is 42.5 Å². The van der Waals surface area contributed by atoms with E-state index in [1.54, 1.807) is 12.3 Å². The van der Waals surface area contributed by atoms with Gasteiger partial charge in [-0.05, 0) is 61.5 Å². The van der Waals surface area contributed by atoms with E-state index in [9.17, 15) is 0 Å². The van der Waals surface area contributed by atoms with Gasteiger partial charge in [-0.3, -0.25) is 4.98 Å². The second-order valence-corrected chi connectivity index (χ2v) is 8.89. The largest absolute Gasteiger partial charge is 0.459 e. The van der Waals surface area contributed by atoms with Crippen LogP contribution in [-0.4, -0.2) is 34.3 Å². The molecule has 0 bridgehead atoms. The summed E-state index contributed by atoms with van der Waals surface area (Å²) in [5, 5.41) is 5.09. The van der Waals surface area contributed by atoms with Gasteiger partial charge >= 0.3 is 0 Å². The molecule has 2 saturated heterocycles. The molecule has 0 amide bonds. The molecule has 0 saturated carbocycles. The standard InChI is InChI=1S/C23H21Cl2N3O2S/c24-16-7-3-6-15(20(16)25)18-9-10-19(30-18)22-21(17-8-1-2-11-26-17)27-23(31)28(22)13-14-5-4-12-29-14/h1-3,6-11,14,21-22H,4-5,12-13H2,(H,27,31)/t14-,21+,22-/m0/s1. The third-order valence-electron chi connectivity index (χ3n) is 5.76. The third-order valence-corrected chi connectivity index (χ3v) is 6.93. The molecule has 5 rings (SSSR count). The monoisotopic (exact) mass is 473 g/mol. The van der Waals surface area contributed by atoms with E-state index in [1.165, 1.54) is 0 Å². The van der Waals surface area contributed by atoms with Gasteiger partial charge in [0, 0.05) is 24.9 Å². The Hall–Kier alpha value is -2.12. The molecular formula is C23H21Cl2N3O2S. The topological polar surface area (TPSA) is 50.5 Å². The number of nitrogens with zero attached hydrogens (tertiary/aromatic N) is 2. The number of hydrogen-bond donors (Lipinski definition) is 1. The quantitative estimate of drug-likeness (QED) is 0.472. The molecule has 5 nitrogen and oxygen atoms in total. The summed E-state index contributed by atoms with van der Waals surface area (Å²) in [6.07, 6.45) is 4.05. The Bertz CT molecular complexity index is 1090. The van der Waals surface area contributed by atoms with E-state index in [2.05, 4.69) is 15.2 Å². The highest BCUT2D eigenvalue weighted by Crippen LogP contribution is 2.42. The number of furan rings is 1. The Morgan fingerprint density at radius 1 is 1.13 bits per heavy atom. The van der Waals surface area contributed by atoms with Gasteiger partial charge in [0.25, 0.3) is 0 Å². The first kappa shape index (κ1) is 20.8. The predicted octanol–water partition coefficient (Wildman–Crippen LogP) is 5.80. The maximum Gasteiger partial charge on any atom is 0.170 e. The van der Waals surface area contributed by atoms with Crippen LogP contribution in [0.1, 0.15) is 36.4 Å². The highest BCUT2D eigenvalue weighted by atomic mass is 35.5. The first-order chi connectivity index (χ1) is 15.1. The lowest BCUT2D eigenvalue weighted by atomic mass is 10.0. The lowest BCUT2D eigenvalue weighted by Gasteiger charge is -2.28. The van der Waals surface area contributed by atoms with Crippen LogP contribution in [0.2, 0.25) is 10.0 Å². The fourth-order valence-electron chi connectivity index (χ4n) is 4.27. The average Bonchev–Trinajstić information content (AvgIpc) is 3.52. The van der Waals surface area contributed by atoms with E-state index in [0.717, 1.165) is 36.5 Å². The molecule has 0 spiro atoms. The van der Waals surface area contributed by atoms with Gasteiger partial charge in [0.1, 0.15) is 17.6 Å². The minimum atomic E-state index is -0.154. The summed E-state index contributed by atoms with van der Waals surface area (Å²) in [6, 6.07) is 15.0. The van der Waals surface area contributed by atoms with E-state index < -0.39 is 0 Å². The maximum atomic E-state index is 6.42. The van der Waals surface area contributed by atoms with Gasteiger partial charge in [-0.15, -0.1) is 0 Å². The molecule has 2 aliphatic rings. The van der Waals surface area contributed by atoms with E-state index in [4.69, 9.17) is 44.6 Å². The molecule has 1 aromatic carbocycles. The molecule has 160 valence electrons. The first-order valence-corrected chi connectivity index (χ1v) is 11.4. The van der Waals surface area contributed by atoms with Crippen molar-refractivity contribution >= 4 is 40.5 Å². The Balaban J connectivity index is 1.52. The number of ether oxygens (including phenoxy) is 1. The summed E-state index contributed by atoms with van der Waals surface area (Å²) in [4.78, 5) is 6.73. The van der Waals surface area contributed by atoms with Crippen molar-refractivity contribution in [2.24, 2.45) is 0 Å². The van der Waals surface area contributed by atoms with Gasteiger partial charge in [-0.25, -0.2) is 0 Å². The molecule has 0 unspecified atom stereocenters. The van der Waals surface area contributed by atoms with Gasteiger partial charge < -0.3 is 19.4 Å². The zero-order chi connectivity index (χ0) is 21.4. The number of benzene rings is 1. The van der Waals surface area contributed by atoms with Crippen LogP contribution >= 0.6 is 35.4 Å². The highest BCUT2D eigenvalue weighted by Gasteiger charge is 2.42. The van der Waals surface area contributed by atoms with Crippen molar-refractivity contribution in [1.29, 1.82) is 0 Å². The van der Waals surface area contributed by atoms with Gasteiger partial charge in [-0.2, -0.15) is 0 Å². The average molecular weight is 474 g/mol. The molecule has 0 aliphatic carbocycles. The van der Waals surface area contributed by atoms with Crippen LogP contribution in [0.3, 0.4) is 0 Å². The summed E-state index contributed by atoms with van der Waals surface area (Å²) < 4.78 is 12.2. The fraction of sp³-hybridized carbons (Fsp3) is 0.304. The number of nitrogens with one attached hydrogen (secondary N) is 1. The molecular weight excluding hydrogens is 453 g/mol. The molecule has 1 N–H and O–H groups in total. The van der Waals surface area contributed by atoms with Crippen LogP contribution in [0.5, 0.6) is 0 Å². The van der Waals surface area contributed by atoms with Crippen LogP contribution < -0.4 is 5.32 Å². The Morgan fingerprint density at radius 2 is 2.03 bits per heavy atom. The zero-order valence-corrected chi connectivity index (χ0v) is 19.0. The molecule has 2 fully saturated rings. The van der Waals surface area contributed by atoms with Crippen molar-refractivity contribution in [1.82, 2.24) is 15.2 Å². The number of pyridine rings is 1. The SMILES string of the molecule is S=C1N[C@H](c2ccccn2)[C@H](c2ccc(-c3cccc(Cl)c3Cl)o2)N1C[C@@H]1CCCO1. The third kappa shape index (κ3) is 4.05. The zero-order valence-electron chi connectivity index (χ0n) is 16.6. The van der Waals surface area contributed by atoms with Crippen molar-refractivity contribution in [3.8, 4) is 11.3 Å². The van der Waals surface area contributed by atoms with E-state index in [0.29, 0.717) is 27.5 Å². The number of halogens is 2. The van der Waals surface area contributed by atoms with Crippen LogP contribution in [0.15, 0.2) is 59.1 Å². The first-order valence-electron chi connectivity index (χ1n) is 10.3. The summed E-state index contributed by atoms with van der Waals surface area (Å²) in [6.45, 7) is 1.50. The van der Waals surface area contributed by atoms with Crippen LogP contribution in [0.4, 0.5) is 0 Å². The highest BCUT2D eigenvalue weighted by molar-refractivity contribution is 7.80. The van der Waals surface area contributed by atoms with Crippen molar-refractivity contribution in [3.63, 3.8) is 0 Å². The molecule has 8 heteroatoms. The van der Waals surface area contributed by atoms with Crippen LogP contribution in [0.25, 0.3) is 11.3 Å². The Morgan fingerprint density at radius 3 is 2.81 bits per heavy atom. The van der Waals surface area contributed by atoms with Crippen LogP contribution in [-0.2, 0) is 4.74 Å². The summed E-state index contributed by atoms with van der Waals surface area (Å²) in [5.74, 6) is 1.45. The molecule has 3 atom stereocenters. The fourth-order valence-corrected chi connectivity index (χ4v) is 4.98. The summed E-state index contributed by atoms with van der Waals surface area (Å²) >= 11 is 18.4. The lowest BCUT2D eigenvalue weighted by Crippen LogP contribution is -2.36. The predicted molar refractivity (Wildman–Crippen MR) is 125 cm³/mol.